The molecule has 1 aromatic heterocycles. The molecular weight excluding hydrogens is 251 g/mol. The minimum Gasteiger partial charge on any atom is -0.424 e. The molecule has 1 aromatic carbocycles. The molecule has 0 aliphatic heterocycles. The zero-order chi connectivity index (χ0) is 13.3. The summed E-state index contributed by atoms with van der Waals surface area (Å²) < 4.78 is 41.3. The fourth-order valence-corrected chi connectivity index (χ4v) is 1.32. The number of aliphatic hydroxyl groups excluding tert-OH is 1. The van der Waals surface area contributed by atoms with Gasteiger partial charge >= 0.3 is 6.18 Å². The molecule has 0 amide bonds. The van der Waals surface area contributed by atoms with Crippen LogP contribution < -0.4 is 11.1 Å². The Morgan fingerprint density at radius 1 is 1.44 bits per heavy atom. The van der Waals surface area contributed by atoms with E-state index in [0.717, 1.165) is 0 Å². The van der Waals surface area contributed by atoms with E-state index in [2.05, 4.69) is 10.3 Å². The number of aliphatic hydroxyl groups is 1. The van der Waals surface area contributed by atoms with Crippen LogP contribution in [0.3, 0.4) is 0 Å². The highest BCUT2D eigenvalue weighted by Crippen LogP contribution is 2.23. The average Bonchev–Trinajstić information content (AvgIpc) is 2.66. The van der Waals surface area contributed by atoms with Crippen LogP contribution in [0.15, 0.2) is 22.6 Å². The van der Waals surface area contributed by atoms with E-state index in [1.807, 2.05) is 0 Å². The van der Waals surface area contributed by atoms with Crippen molar-refractivity contribution in [1.82, 2.24) is 4.98 Å². The van der Waals surface area contributed by atoms with Crippen molar-refractivity contribution in [2.45, 2.75) is 12.3 Å². The molecule has 0 saturated heterocycles. The fourth-order valence-electron chi connectivity index (χ4n) is 1.32. The van der Waals surface area contributed by atoms with Crippen molar-refractivity contribution in [1.29, 1.82) is 0 Å². The number of nitrogen functional groups attached to an aromatic ring is 1. The summed E-state index contributed by atoms with van der Waals surface area (Å²) in [6, 6.07) is 4.58. The van der Waals surface area contributed by atoms with Gasteiger partial charge in [-0.1, -0.05) is 0 Å². The number of alkyl halides is 3. The van der Waals surface area contributed by atoms with Crippen molar-refractivity contribution in [2.24, 2.45) is 0 Å². The first kappa shape index (κ1) is 12.5. The first-order valence-electron chi connectivity index (χ1n) is 5.01. The lowest BCUT2D eigenvalue weighted by molar-refractivity contribution is -0.198. The van der Waals surface area contributed by atoms with Crippen molar-refractivity contribution in [3.63, 3.8) is 0 Å². The van der Waals surface area contributed by atoms with Gasteiger partial charge in [0.25, 0.3) is 6.01 Å². The number of halogens is 3. The minimum absolute atomic E-state index is 0.0982. The summed E-state index contributed by atoms with van der Waals surface area (Å²) in [5.74, 6) is 0. The van der Waals surface area contributed by atoms with E-state index in [1.54, 1.807) is 12.1 Å². The summed E-state index contributed by atoms with van der Waals surface area (Å²) in [6.45, 7) is -0.730. The Bertz CT molecular complexity index is 553. The Morgan fingerprint density at radius 3 is 2.83 bits per heavy atom. The quantitative estimate of drug-likeness (QED) is 0.733. The van der Waals surface area contributed by atoms with Crippen molar-refractivity contribution < 1.29 is 22.7 Å². The van der Waals surface area contributed by atoms with Gasteiger partial charge in [-0.3, -0.25) is 0 Å². The molecule has 0 bridgehead atoms. The van der Waals surface area contributed by atoms with Crippen LogP contribution in [-0.4, -0.2) is 28.9 Å². The van der Waals surface area contributed by atoms with Gasteiger partial charge in [0.15, 0.2) is 11.7 Å². The predicted octanol–water partition coefficient (Wildman–Crippen LogP) is 1.75. The number of nitrogens with one attached hydrogen (secondary N) is 1. The second-order valence-electron chi connectivity index (χ2n) is 3.68. The zero-order valence-electron chi connectivity index (χ0n) is 9.03. The number of hydrogen-bond donors (Lipinski definition) is 3. The summed E-state index contributed by atoms with van der Waals surface area (Å²) in [5.41, 5.74) is 6.82. The lowest BCUT2D eigenvalue weighted by atomic mass is 10.3. The maximum atomic E-state index is 12.1. The Labute approximate surface area is 99.4 Å². The van der Waals surface area contributed by atoms with E-state index in [-0.39, 0.29) is 6.01 Å². The smallest absolute Gasteiger partial charge is 0.416 e. The van der Waals surface area contributed by atoms with Gasteiger partial charge in [-0.05, 0) is 18.2 Å². The van der Waals surface area contributed by atoms with Crippen LogP contribution in [0.1, 0.15) is 0 Å². The second-order valence-corrected chi connectivity index (χ2v) is 3.68. The number of rotatable bonds is 3. The summed E-state index contributed by atoms with van der Waals surface area (Å²) in [7, 11) is 0. The molecule has 0 aliphatic rings. The van der Waals surface area contributed by atoms with Gasteiger partial charge in [0.2, 0.25) is 0 Å². The van der Waals surface area contributed by atoms with Crippen LogP contribution in [0.2, 0.25) is 0 Å². The lowest BCUT2D eigenvalue weighted by Gasteiger charge is -2.13. The standard InChI is InChI=1S/C10H10F3N3O2/c11-10(12,13)8(17)4-15-9-16-6-3-5(14)1-2-7(6)18-9/h1-3,8,17H,4,14H2,(H,15,16). The molecule has 0 aliphatic carbocycles. The number of hydrogen-bond acceptors (Lipinski definition) is 5. The van der Waals surface area contributed by atoms with Gasteiger partial charge in [0.05, 0.1) is 6.54 Å². The Hall–Kier alpha value is -1.96. The summed E-state index contributed by atoms with van der Waals surface area (Å²) >= 11 is 0. The number of nitrogens with zero attached hydrogens (tertiary/aromatic N) is 1. The number of aromatic nitrogens is 1. The third-order valence-corrected chi connectivity index (χ3v) is 2.24. The van der Waals surface area contributed by atoms with Gasteiger partial charge in [-0.25, -0.2) is 0 Å². The molecule has 0 fully saturated rings. The molecule has 98 valence electrons. The van der Waals surface area contributed by atoms with Gasteiger partial charge < -0.3 is 20.6 Å². The maximum absolute atomic E-state index is 12.1. The molecule has 0 radical (unpaired) electrons. The Morgan fingerprint density at radius 2 is 2.17 bits per heavy atom. The van der Waals surface area contributed by atoms with Gasteiger partial charge in [-0.15, -0.1) is 0 Å². The number of anilines is 2. The zero-order valence-corrected chi connectivity index (χ0v) is 9.03. The van der Waals surface area contributed by atoms with E-state index < -0.39 is 18.8 Å². The van der Waals surface area contributed by atoms with Crippen LogP contribution in [0.5, 0.6) is 0 Å². The molecule has 2 rings (SSSR count). The number of oxazole rings is 1. The van der Waals surface area contributed by atoms with Gasteiger partial charge in [0.1, 0.15) is 5.52 Å². The highest BCUT2D eigenvalue weighted by molar-refractivity contribution is 5.78. The van der Waals surface area contributed by atoms with E-state index in [9.17, 15) is 13.2 Å². The topological polar surface area (TPSA) is 84.3 Å². The van der Waals surface area contributed by atoms with Gasteiger partial charge in [-0.2, -0.15) is 18.2 Å². The highest BCUT2D eigenvalue weighted by atomic mass is 19.4. The molecule has 4 N–H and O–H groups in total. The maximum Gasteiger partial charge on any atom is 0.416 e. The molecule has 2 aromatic rings. The van der Waals surface area contributed by atoms with Crippen molar-refractivity contribution >= 4 is 22.8 Å². The highest BCUT2D eigenvalue weighted by Gasteiger charge is 2.38. The Kier molecular flexibility index (Phi) is 3.04. The van der Waals surface area contributed by atoms with Crippen LogP contribution in [0.4, 0.5) is 24.9 Å². The van der Waals surface area contributed by atoms with E-state index in [0.29, 0.717) is 16.8 Å². The van der Waals surface area contributed by atoms with Crippen LogP contribution in [0, 0.1) is 0 Å². The van der Waals surface area contributed by atoms with E-state index in [4.69, 9.17) is 15.3 Å². The average molecular weight is 261 g/mol. The number of benzene rings is 1. The minimum atomic E-state index is -4.68. The lowest BCUT2D eigenvalue weighted by Crippen LogP contribution is -2.35. The number of fused-ring (bicyclic) bond motifs is 1. The van der Waals surface area contributed by atoms with Crippen LogP contribution in [-0.2, 0) is 0 Å². The Balaban J connectivity index is 2.09. The van der Waals surface area contributed by atoms with Gasteiger partial charge in [0, 0.05) is 5.69 Å². The second kappa shape index (κ2) is 4.37. The van der Waals surface area contributed by atoms with Crippen LogP contribution >= 0.6 is 0 Å². The van der Waals surface area contributed by atoms with E-state index in [1.165, 1.54) is 6.07 Å². The summed E-state index contributed by atoms with van der Waals surface area (Å²) in [6.07, 6.45) is -7.15. The SMILES string of the molecule is Nc1ccc2oc(NCC(O)C(F)(F)F)nc2c1. The van der Waals surface area contributed by atoms with Crippen molar-refractivity contribution in [2.75, 3.05) is 17.6 Å². The third kappa shape index (κ3) is 2.65. The molecule has 8 heteroatoms. The first-order valence-corrected chi connectivity index (χ1v) is 5.01. The van der Waals surface area contributed by atoms with Crippen molar-refractivity contribution in [3.8, 4) is 0 Å². The summed E-state index contributed by atoms with van der Waals surface area (Å²) in [4.78, 5) is 3.89. The molecular formula is C10H10F3N3O2. The molecule has 18 heavy (non-hydrogen) atoms. The fraction of sp³-hybridized carbons (Fsp3) is 0.300. The first-order chi connectivity index (χ1) is 8.36. The molecule has 5 nitrogen and oxygen atoms in total. The molecule has 0 spiro atoms. The molecule has 1 atom stereocenters. The third-order valence-electron chi connectivity index (χ3n) is 2.24. The monoisotopic (exact) mass is 261 g/mol. The number of nitrogens with two attached hydrogens (primary N) is 1. The van der Waals surface area contributed by atoms with E-state index >= 15 is 0 Å². The molecule has 0 saturated carbocycles. The largest absolute Gasteiger partial charge is 0.424 e. The molecule has 1 heterocycles. The summed E-state index contributed by atoms with van der Waals surface area (Å²) in [5, 5.41) is 11.1. The normalized spacial score (nSPS) is 13.8. The predicted molar refractivity (Wildman–Crippen MR) is 59.0 cm³/mol. The molecule has 1 unspecified atom stereocenters. The van der Waals surface area contributed by atoms with Crippen LogP contribution in [0.25, 0.3) is 11.1 Å². The van der Waals surface area contributed by atoms with Crippen molar-refractivity contribution in [3.05, 3.63) is 18.2 Å².